The average Bonchev–Trinajstić information content (AvgIpc) is 2.52. The molecule has 5 nitrogen and oxygen atoms in total. The van der Waals surface area contributed by atoms with Gasteiger partial charge in [0.1, 0.15) is 0 Å². The van der Waals surface area contributed by atoms with E-state index in [0.717, 1.165) is 17.7 Å². The van der Waals surface area contributed by atoms with Gasteiger partial charge in [0.25, 0.3) is 5.91 Å². The Morgan fingerprint density at radius 3 is 2.50 bits per heavy atom. The molecule has 2 rings (SSSR count). The summed E-state index contributed by atoms with van der Waals surface area (Å²) in [6.07, 6.45) is 3.09. The monoisotopic (exact) mass is 298 g/mol. The van der Waals surface area contributed by atoms with Crippen LogP contribution in [-0.4, -0.2) is 22.4 Å². The number of anilines is 1. The van der Waals surface area contributed by atoms with Gasteiger partial charge in [0, 0.05) is 25.5 Å². The van der Waals surface area contributed by atoms with Crippen molar-refractivity contribution >= 4 is 11.9 Å². The van der Waals surface area contributed by atoms with Crippen LogP contribution in [0.3, 0.4) is 0 Å². The van der Waals surface area contributed by atoms with Crippen LogP contribution in [0.4, 0.5) is 5.95 Å². The van der Waals surface area contributed by atoms with Crippen molar-refractivity contribution in [3.05, 3.63) is 53.3 Å². The molecule has 0 radical (unpaired) electrons. The summed E-state index contributed by atoms with van der Waals surface area (Å²) in [7, 11) is 0. The SMILES string of the molecule is Cc1ccccc1CNC(=O)c1cnc(NCC(C)C)nc1. The number of carbonyl (C=O) groups excluding carboxylic acids is 1. The number of nitrogens with zero attached hydrogens (tertiary/aromatic N) is 2. The molecule has 1 amide bonds. The quantitative estimate of drug-likeness (QED) is 0.860. The first kappa shape index (κ1) is 15.9. The maximum Gasteiger partial charge on any atom is 0.254 e. The highest BCUT2D eigenvalue weighted by Crippen LogP contribution is 2.07. The number of benzene rings is 1. The molecule has 0 aliphatic carbocycles. The molecule has 0 saturated heterocycles. The summed E-state index contributed by atoms with van der Waals surface area (Å²) in [5, 5.41) is 6.01. The van der Waals surface area contributed by atoms with E-state index in [1.165, 1.54) is 0 Å². The molecule has 116 valence electrons. The molecule has 0 bridgehead atoms. The van der Waals surface area contributed by atoms with Crippen LogP contribution >= 0.6 is 0 Å². The van der Waals surface area contributed by atoms with Gasteiger partial charge in [-0.05, 0) is 24.0 Å². The van der Waals surface area contributed by atoms with Crippen LogP contribution in [0.25, 0.3) is 0 Å². The average molecular weight is 298 g/mol. The molecule has 1 aromatic carbocycles. The second-order valence-corrected chi connectivity index (χ2v) is 5.68. The summed E-state index contributed by atoms with van der Waals surface area (Å²) in [4.78, 5) is 20.4. The predicted octanol–water partition coefficient (Wildman–Crippen LogP) is 2.78. The summed E-state index contributed by atoms with van der Waals surface area (Å²) in [6, 6.07) is 7.98. The number of hydrogen-bond donors (Lipinski definition) is 2. The molecule has 0 aliphatic rings. The van der Waals surface area contributed by atoms with Crippen molar-refractivity contribution in [3.63, 3.8) is 0 Å². The van der Waals surface area contributed by atoms with Crippen molar-refractivity contribution < 1.29 is 4.79 Å². The van der Waals surface area contributed by atoms with E-state index in [-0.39, 0.29) is 5.91 Å². The van der Waals surface area contributed by atoms with Gasteiger partial charge in [-0.25, -0.2) is 9.97 Å². The second kappa shape index (κ2) is 7.54. The first-order chi connectivity index (χ1) is 10.6. The molecule has 0 fully saturated rings. The molecule has 2 aromatic rings. The maximum absolute atomic E-state index is 12.1. The van der Waals surface area contributed by atoms with E-state index in [0.29, 0.717) is 24.0 Å². The minimum Gasteiger partial charge on any atom is -0.354 e. The van der Waals surface area contributed by atoms with Gasteiger partial charge in [0.05, 0.1) is 5.56 Å². The van der Waals surface area contributed by atoms with Crippen LogP contribution in [0.2, 0.25) is 0 Å². The number of hydrogen-bond acceptors (Lipinski definition) is 4. The summed E-state index contributed by atoms with van der Waals surface area (Å²) in [5.41, 5.74) is 2.72. The summed E-state index contributed by atoms with van der Waals surface area (Å²) < 4.78 is 0. The Morgan fingerprint density at radius 2 is 1.86 bits per heavy atom. The molecule has 0 aliphatic heterocycles. The van der Waals surface area contributed by atoms with Crippen LogP contribution in [0, 0.1) is 12.8 Å². The lowest BCUT2D eigenvalue weighted by atomic mass is 10.1. The molecule has 5 heteroatoms. The van der Waals surface area contributed by atoms with Crippen LogP contribution in [-0.2, 0) is 6.54 Å². The molecule has 0 saturated carbocycles. The van der Waals surface area contributed by atoms with E-state index in [4.69, 9.17) is 0 Å². The number of aromatic nitrogens is 2. The lowest BCUT2D eigenvalue weighted by Gasteiger charge is -2.09. The van der Waals surface area contributed by atoms with Gasteiger partial charge in [-0.15, -0.1) is 0 Å². The molecule has 0 atom stereocenters. The normalized spacial score (nSPS) is 10.5. The Hall–Kier alpha value is -2.43. The van der Waals surface area contributed by atoms with Gasteiger partial charge < -0.3 is 10.6 Å². The van der Waals surface area contributed by atoms with E-state index in [1.54, 1.807) is 12.4 Å². The van der Waals surface area contributed by atoms with Gasteiger partial charge in [0.15, 0.2) is 0 Å². The maximum atomic E-state index is 12.1. The summed E-state index contributed by atoms with van der Waals surface area (Å²) >= 11 is 0. The molecule has 1 aromatic heterocycles. The first-order valence-corrected chi connectivity index (χ1v) is 7.45. The topological polar surface area (TPSA) is 66.9 Å². The molecule has 1 heterocycles. The van der Waals surface area contributed by atoms with Crippen molar-refractivity contribution in [2.24, 2.45) is 5.92 Å². The Kier molecular flexibility index (Phi) is 5.47. The number of carbonyl (C=O) groups is 1. The Morgan fingerprint density at radius 1 is 1.18 bits per heavy atom. The van der Waals surface area contributed by atoms with Crippen LogP contribution < -0.4 is 10.6 Å². The van der Waals surface area contributed by atoms with Crippen LogP contribution in [0.15, 0.2) is 36.7 Å². The van der Waals surface area contributed by atoms with Gasteiger partial charge in [0.2, 0.25) is 5.95 Å². The zero-order valence-electron chi connectivity index (χ0n) is 13.3. The first-order valence-electron chi connectivity index (χ1n) is 7.45. The van der Waals surface area contributed by atoms with E-state index < -0.39 is 0 Å². The fourth-order valence-electron chi connectivity index (χ4n) is 1.92. The minimum atomic E-state index is -0.168. The van der Waals surface area contributed by atoms with E-state index in [2.05, 4.69) is 34.4 Å². The number of aryl methyl sites for hydroxylation is 1. The zero-order valence-corrected chi connectivity index (χ0v) is 13.3. The third-order valence-electron chi connectivity index (χ3n) is 3.28. The van der Waals surface area contributed by atoms with E-state index >= 15 is 0 Å². The van der Waals surface area contributed by atoms with Crippen molar-refractivity contribution in [3.8, 4) is 0 Å². The van der Waals surface area contributed by atoms with Gasteiger partial charge in [-0.2, -0.15) is 0 Å². The number of amides is 1. The van der Waals surface area contributed by atoms with Gasteiger partial charge in [-0.3, -0.25) is 4.79 Å². The molecule has 2 N–H and O–H groups in total. The molecule has 0 spiro atoms. The van der Waals surface area contributed by atoms with Crippen molar-refractivity contribution in [1.82, 2.24) is 15.3 Å². The van der Waals surface area contributed by atoms with Gasteiger partial charge >= 0.3 is 0 Å². The molecule has 0 unspecified atom stereocenters. The number of rotatable bonds is 6. The molecular formula is C17H22N4O. The Balaban J connectivity index is 1.91. The van der Waals surface area contributed by atoms with Crippen LogP contribution in [0.1, 0.15) is 35.3 Å². The van der Waals surface area contributed by atoms with Gasteiger partial charge in [-0.1, -0.05) is 38.1 Å². The standard InChI is InChI=1S/C17H22N4O/c1-12(2)8-19-17-20-10-15(11-21-17)16(22)18-9-14-7-5-4-6-13(14)3/h4-7,10-12H,8-9H2,1-3H3,(H,18,22)(H,19,20,21). The lowest BCUT2D eigenvalue weighted by molar-refractivity contribution is 0.0950. The highest BCUT2D eigenvalue weighted by Gasteiger charge is 2.07. The smallest absolute Gasteiger partial charge is 0.254 e. The Bertz CT molecular complexity index is 623. The highest BCUT2D eigenvalue weighted by molar-refractivity contribution is 5.93. The lowest BCUT2D eigenvalue weighted by Crippen LogP contribution is -2.23. The van der Waals surface area contributed by atoms with Crippen molar-refractivity contribution in [2.75, 3.05) is 11.9 Å². The third kappa shape index (κ3) is 4.55. The molecular weight excluding hydrogens is 276 g/mol. The largest absolute Gasteiger partial charge is 0.354 e. The predicted molar refractivity (Wildman–Crippen MR) is 87.7 cm³/mol. The van der Waals surface area contributed by atoms with Crippen molar-refractivity contribution in [1.29, 1.82) is 0 Å². The summed E-state index contributed by atoms with van der Waals surface area (Å²) in [5.74, 6) is 0.892. The van der Waals surface area contributed by atoms with E-state index in [1.807, 2.05) is 31.2 Å². The second-order valence-electron chi connectivity index (χ2n) is 5.68. The highest BCUT2D eigenvalue weighted by atomic mass is 16.1. The molecule has 22 heavy (non-hydrogen) atoms. The third-order valence-corrected chi connectivity index (χ3v) is 3.28. The fourth-order valence-corrected chi connectivity index (χ4v) is 1.92. The number of nitrogens with one attached hydrogen (secondary N) is 2. The minimum absolute atomic E-state index is 0.168. The fraction of sp³-hybridized carbons (Fsp3) is 0.353. The Labute approximate surface area is 131 Å². The summed E-state index contributed by atoms with van der Waals surface area (Å²) in [6.45, 7) is 7.55. The van der Waals surface area contributed by atoms with E-state index in [9.17, 15) is 4.79 Å². The zero-order chi connectivity index (χ0) is 15.9. The van der Waals surface area contributed by atoms with Crippen LogP contribution in [0.5, 0.6) is 0 Å². The van der Waals surface area contributed by atoms with Crippen molar-refractivity contribution in [2.45, 2.75) is 27.3 Å².